The number of rotatable bonds is 7. The van der Waals surface area contributed by atoms with Crippen LogP contribution in [0.1, 0.15) is 44.0 Å². The van der Waals surface area contributed by atoms with E-state index in [4.69, 9.17) is 0 Å². The number of aromatic nitrogens is 4. The highest BCUT2D eigenvalue weighted by molar-refractivity contribution is 7.98. The van der Waals surface area contributed by atoms with Gasteiger partial charge in [0.25, 0.3) is 5.56 Å². The van der Waals surface area contributed by atoms with Gasteiger partial charge in [-0.2, -0.15) is 5.10 Å². The standard InChI is InChI=1S/C16H23N5O2S/c1-5-10(2)21-13(8-9-17-21)19-14(22)7-6-12-11(3)18-16(24-4)20-15(12)23/h8-10H,5-7H2,1-4H3,(H,19,22)(H,18,20,23). The van der Waals surface area contributed by atoms with E-state index in [-0.39, 0.29) is 23.9 Å². The number of hydrogen-bond acceptors (Lipinski definition) is 5. The number of amides is 1. The number of nitrogens with zero attached hydrogens (tertiary/aromatic N) is 3. The van der Waals surface area contributed by atoms with Crippen LogP contribution in [-0.2, 0) is 11.2 Å². The van der Waals surface area contributed by atoms with E-state index in [1.165, 1.54) is 11.8 Å². The lowest BCUT2D eigenvalue weighted by molar-refractivity contribution is -0.116. The molecule has 130 valence electrons. The lowest BCUT2D eigenvalue weighted by Crippen LogP contribution is -2.21. The SMILES string of the molecule is CCC(C)n1nccc1NC(=O)CCc1c(C)nc(SC)[nH]c1=O. The minimum Gasteiger partial charge on any atom is -0.311 e. The van der Waals surface area contributed by atoms with E-state index in [1.54, 1.807) is 23.9 Å². The largest absolute Gasteiger partial charge is 0.311 e. The first-order valence-electron chi connectivity index (χ1n) is 7.93. The second kappa shape index (κ2) is 8.14. The molecule has 1 atom stereocenters. The summed E-state index contributed by atoms with van der Waals surface area (Å²) in [5.41, 5.74) is 1.04. The number of carbonyl (C=O) groups excluding carboxylic acids is 1. The summed E-state index contributed by atoms with van der Waals surface area (Å²) in [5, 5.41) is 7.69. The van der Waals surface area contributed by atoms with Crippen molar-refractivity contribution in [3.05, 3.63) is 33.9 Å². The second-order valence-corrected chi connectivity index (χ2v) is 6.40. The van der Waals surface area contributed by atoms with Crippen LogP contribution in [0.2, 0.25) is 0 Å². The van der Waals surface area contributed by atoms with Gasteiger partial charge in [-0.05, 0) is 32.9 Å². The summed E-state index contributed by atoms with van der Waals surface area (Å²) in [6.45, 7) is 5.91. The highest BCUT2D eigenvalue weighted by Gasteiger charge is 2.13. The minimum absolute atomic E-state index is 0.146. The van der Waals surface area contributed by atoms with Gasteiger partial charge in [0.2, 0.25) is 5.91 Å². The normalized spacial score (nSPS) is 12.2. The van der Waals surface area contributed by atoms with Gasteiger partial charge in [-0.1, -0.05) is 18.7 Å². The zero-order valence-corrected chi connectivity index (χ0v) is 15.2. The summed E-state index contributed by atoms with van der Waals surface area (Å²) < 4.78 is 1.80. The zero-order valence-electron chi connectivity index (χ0n) is 14.4. The van der Waals surface area contributed by atoms with Crippen LogP contribution in [0.3, 0.4) is 0 Å². The lowest BCUT2D eigenvalue weighted by atomic mass is 10.1. The molecule has 0 bridgehead atoms. The Morgan fingerprint density at radius 3 is 2.88 bits per heavy atom. The van der Waals surface area contributed by atoms with Gasteiger partial charge < -0.3 is 10.3 Å². The molecule has 24 heavy (non-hydrogen) atoms. The van der Waals surface area contributed by atoms with E-state index in [1.807, 2.05) is 13.2 Å². The highest BCUT2D eigenvalue weighted by Crippen LogP contribution is 2.17. The Morgan fingerprint density at radius 2 is 2.25 bits per heavy atom. The molecule has 0 fully saturated rings. The van der Waals surface area contributed by atoms with Crippen LogP contribution in [0.25, 0.3) is 0 Å². The Morgan fingerprint density at radius 1 is 1.50 bits per heavy atom. The summed E-state index contributed by atoms with van der Waals surface area (Å²) >= 11 is 1.38. The van der Waals surface area contributed by atoms with E-state index >= 15 is 0 Å². The highest BCUT2D eigenvalue weighted by atomic mass is 32.2. The maximum atomic E-state index is 12.2. The van der Waals surface area contributed by atoms with Crippen LogP contribution in [0.15, 0.2) is 22.2 Å². The third kappa shape index (κ3) is 4.25. The summed E-state index contributed by atoms with van der Waals surface area (Å²) in [5.74, 6) is 0.531. The third-order valence-electron chi connectivity index (χ3n) is 3.94. The van der Waals surface area contributed by atoms with Crippen molar-refractivity contribution in [2.45, 2.75) is 51.2 Å². The third-order valence-corrected chi connectivity index (χ3v) is 4.52. The molecule has 0 aliphatic carbocycles. The number of aryl methyl sites for hydroxylation is 1. The van der Waals surface area contributed by atoms with Crippen molar-refractivity contribution in [3.63, 3.8) is 0 Å². The van der Waals surface area contributed by atoms with Crippen molar-refractivity contribution in [1.82, 2.24) is 19.7 Å². The Kier molecular flexibility index (Phi) is 6.19. The van der Waals surface area contributed by atoms with Crippen LogP contribution in [0, 0.1) is 6.92 Å². The van der Waals surface area contributed by atoms with Gasteiger partial charge in [0, 0.05) is 23.7 Å². The molecule has 0 spiro atoms. The predicted octanol–water partition coefficient (Wildman–Crippen LogP) is 2.54. The van der Waals surface area contributed by atoms with Crippen LogP contribution < -0.4 is 10.9 Å². The first-order valence-corrected chi connectivity index (χ1v) is 9.15. The quantitative estimate of drug-likeness (QED) is 0.592. The Labute approximate surface area is 145 Å². The number of aromatic amines is 1. The van der Waals surface area contributed by atoms with Gasteiger partial charge in [-0.3, -0.25) is 9.59 Å². The molecule has 0 saturated heterocycles. The topological polar surface area (TPSA) is 92.7 Å². The molecule has 2 aromatic rings. The van der Waals surface area contributed by atoms with Crippen molar-refractivity contribution >= 4 is 23.5 Å². The van der Waals surface area contributed by atoms with Crippen molar-refractivity contribution in [2.75, 3.05) is 11.6 Å². The Bertz CT molecular complexity index is 768. The smallest absolute Gasteiger partial charge is 0.254 e. The minimum atomic E-state index is -0.177. The molecule has 2 rings (SSSR count). The van der Waals surface area contributed by atoms with Crippen LogP contribution >= 0.6 is 11.8 Å². The van der Waals surface area contributed by atoms with Gasteiger partial charge in [0.1, 0.15) is 5.82 Å². The fourth-order valence-electron chi connectivity index (χ4n) is 2.36. The molecule has 7 nitrogen and oxygen atoms in total. The van der Waals surface area contributed by atoms with Crippen molar-refractivity contribution in [3.8, 4) is 0 Å². The summed E-state index contributed by atoms with van der Waals surface area (Å²) in [7, 11) is 0. The summed E-state index contributed by atoms with van der Waals surface area (Å²) in [4.78, 5) is 31.3. The first kappa shape index (κ1) is 18.3. The van der Waals surface area contributed by atoms with E-state index in [9.17, 15) is 9.59 Å². The average Bonchev–Trinajstić information content (AvgIpc) is 3.01. The summed E-state index contributed by atoms with van der Waals surface area (Å²) in [6.07, 6.45) is 5.02. The van der Waals surface area contributed by atoms with Crippen LogP contribution in [0.5, 0.6) is 0 Å². The number of hydrogen-bond donors (Lipinski definition) is 2. The number of thioether (sulfide) groups is 1. The molecule has 0 radical (unpaired) electrons. The molecule has 0 aliphatic heterocycles. The predicted molar refractivity (Wildman–Crippen MR) is 95.6 cm³/mol. The fourth-order valence-corrected chi connectivity index (χ4v) is 2.78. The molecule has 0 saturated carbocycles. The van der Waals surface area contributed by atoms with Gasteiger partial charge in [0.15, 0.2) is 5.16 Å². The van der Waals surface area contributed by atoms with Crippen molar-refractivity contribution in [1.29, 1.82) is 0 Å². The number of carbonyl (C=O) groups is 1. The first-order chi connectivity index (χ1) is 11.5. The van der Waals surface area contributed by atoms with Gasteiger partial charge in [0.05, 0.1) is 12.2 Å². The molecule has 2 N–H and O–H groups in total. The molecule has 0 aromatic carbocycles. The van der Waals surface area contributed by atoms with E-state index in [0.29, 0.717) is 28.7 Å². The van der Waals surface area contributed by atoms with E-state index in [2.05, 4.69) is 27.3 Å². The zero-order chi connectivity index (χ0) is 17.7. The molecular formula is C16H23N5O2S. The van der Waals surface area contributed by atoms with Gasteiger partial charge >= 0.3 is 0 Å². The Hall–Kier alpha value is -2.09. The van der Waals surface area contributed by atoms with Gasteiger partial charge in [-0.15, -0.1) is 0 Å². The van der Waals surface area contributed by atoms with Crippen molar-refractivity contribution < 1.29 is 4.79 Å². The Balaban J connectivity index is 2.02. The average molecular weight is 349 g/mol. The monoisotopic (exact) mass is 349 g/mol. The van der Waals surface area contributed by atoms with Gasteiger partial charge in [-0.25, -0.2) is 9.67 Å². The van der Waals surface area contributed by atoms with Crippen LogP contribution in [0.4, 0.5) is 5.82 Å². The second-order valence-electron chi connectivity index (χ2n) is 5.61. The molecule has 2 aromatic heterocycles. The van der Waals surface area contributed by atoms with Crippen LogP contribution in [-0.4, -0.2) is 31.9 Å². The number of H-pyrrole nitrogens is 1. The molecule has 2 heterocycles. The fraction of sp³-hybridized carbons (Fsp3) is 0.500. The molecule has 1 unspecified atom stereocenters. The lowest BCUT2D eigenvalue weighted by Gasteiger charge is -2.14. The maximum Gasteiger partial charge on any atom is 0.254 e. The van der Waals surface area contributed by atoms with E-state index < -0.39 is 0 Å². The molecule has 8 heteroatoms. The summed E-state index contributed by atoms with van der Waals surface area (Å²) in [6, 6.07) is 1.99. The number of anilines is 1. The molecule has 1 amide bonds. The number of nitrogens with one attached hydrogen (secondary N) is 2. The molecular weight excluding hydrogens is 326 g/mol. The molecule has 0 aliphatic rings. The van der Waals surface area contributed by atoms with E-state index in [0.717, 1.165) is 6.42 Å². The maximum absolute atomic E-state index is 12.2. The van der Waals surface area contributed by atoms with Crippen molar-refractivity contribution in [2.24, 2.45) is 0 Å².